The summed E-state index contributed by atoms with van der Waals surface area (Å²) < 4.78 is 0. The molecule has 2 aliphatic heterocycles. The van der Waals surface area contributed by atoms with Gasteiger partial charge in [0.15, 0.2) is 0 Å². The predicted molar refractivity (Wildman–Crippen MR) is 115 cm³/mol. The zero-order valence-electron chi connectivity index (χ0n) is 16.6. The lowest BCUT2D eigenvalue weighted by Gasteiger charge is -2.29. The molecule has 1 aromatic heterocycles. The first-order chi connectivity index (χ1) is 15.3. The van der Waals surface area contributed by atoms with Crippen LogP contribution in [-0.2, 0) is 27.5 Å². The molecular formula is C22H16Cl2N4O4. The van der Waals surface area contributed by atoms with Gasteiger partial charge in [0.05, 0.1) is 10.6 Å². The van der Waals surface area contributed by atoms with Crippen molar-refractivity contribution in [2.75, 3.05) is 0 Å². The number of piperidine rings is 1. The fourth-order valence-corrected chi connectivity index (χ4v) is 4.06. The third-order valence-electron chi connectivity index (χ3n) is 5.20. The lowest BCUT2D eigenvalue weighted by Crippen LogP contribution is -2.52. The first-order valence-corrected chi connectivity index (χ1v) is 10.5. The second-order valence-electron chi connectivity index (χ2n) is 7.28. The zero-order chi connectivity index (χ0) is 22.8. The van der Waals surface area contributed by atoms with Crippen molar-refractivity contribution in [3.8, 4) is 11.8 Å². The van der Waals surface area contributed by atoms with Gasteiger partial charge in [-0.1, -0.05) is 41.3 Å². The van der Waals surface area contributed by atoms with E-state index in [-0.39, 0.29) is 42.0 Å². The topological polar surface area (TPSA) is 108 Å². The van der Waals surface area contributed by atoms with E-state index in [1.165, 1.54) is 17.2 Å². The number of imide groups is 1. The first-order valence-electron chi connectivity index (χ1n) is 9.70. The molecule has 1 saturated heterocycles. The molecule has 2 N–H and O–H groups in total. The Balaban J connectivity index is 1.41. The Morgan fingerprint density at radius 3 is 2.81 bits per heavy atom. The molecule has 0 saturated carbocycles. The van der Waals surface area contributed by atoms with Gasteiger partial charge in [-0.2, -0.15) is 0 Å². The Kier molecular flexibility index (Phi) is 6.12. The molecule has 1 fully saturated rings. The Morgan fingerprint density at radius 2 is 2.06 bits per heavy atom. The van der Waals surface area contributed by atoms with Crippen molar-refractivity contribution in [3.63, 3.8) is 0 Å². The van der Waals surface area contributed by atoms with Crippen LogP contribution in [0.1, 0.15) is 39.9 Å². The van der Waals surface area contributed by atoms with Gasteiger partial charge in [-0.05, 0) is 29.7 Å². The Morgan fingerprint density at radius 1 is 1.25 bits per heavy atom. The number of pyridine rings is 1. The molecule has 1 aromatic carbocycles. The van der Waals surface area contributed by atoms with Crippen molar-refractivity contribution in [2.24, 2.45) is 0 Å². The summed E-state index contributed by atoms with van der Waals surface area (Å²) in [7, 11) is 0. The minimum absolute atomic E-state index is 0.113. The van der Waals surface area contributed by atoms with Gasteiger partial charge in [0.25, 0.3) is 11.8 Å². The van der Waals surface area contributed by atoms with Gasteiger partial charge in [-0.15, -0.1) is 0 Å². The van der Waals surface area contributed by atoms with Crippen LogP contribution in [0, 0.1) is 11.8 Å². The van der Waals surface area contributed by atoms with Crippen molar-refractivity contribution >= 4 is 46.8 Å². The molecule has 4 rings (SSSR count). The third kappa shape index (κ3) is 4.44. The van der Waals surface area contributed by atoms with Gasteiger partial charge in [0.2, 0.25) is 11.8 Å². The minimum Gasteiger partial charge on any atom is -0.341 e. The summed E-state index contributed by atoms with van der Waals surface area (Å²) in [6.45, 7) is 0.460. The number of nitrogens with zero attached hydrogens (tertiary/aromatic N) is 2. The van der Waals surface area contributed by atoms with Gasteiger partial charge in [-0.25, -0.2) is 4.98 Å². The number of benzene rings is 1. The summed E-state index contributed by atoms with van der Waals surface area (Å²) in [4.78, 5) is 53.7. The molecule has 1 atom stereocenters. The summed E-state index contributed by atoms with van der Waals surface area (Å²) >= 11 is 11.9. The fourth-order valence-electron chi connectivity index (χ4n) is 3.61. The highest BCUT2D eigenvalue weighted by atomic mass is 35.5. The van der Waals surface area contributed by atoms with Gasteiger partial charge in [0.1, 0.15) is 11.2 Å². The highest BCUT2D eigenvalue weighted by molar-refractivity contribution is 6.35. The van der Waals surface area contributed by atoms with Crippen molar-refractivity contribution in [1.82, 2.24) is 20.5 Å². The van der Waals surface area contributed by atoms with Crippen molar-refractivity contribution in [2.45, 2.75) is 32.0 Å². The summed E-state index contributed by atoms with van der Waals surface area (Å²) in [6, 6.07) is 6.07. The van der Waals surface area contributed by atoms with Crippen LogP contribution in [0.25, 0.3) is 0 Å². The SMILES string of the molecule is O=C(C#Cc1c(Cl)ccnc1Cl)NCc1ccc2c(c1)CN(C1CCC(=O)NC1=O)C2=O. The van der Waals surface area contributed by atoms with Crippen LogP contribution < -0.4 is 10.6 Å². The zero-order valence-corrected chi connectivity index (χ0v) is 18.1. The average Bonchev–Trinajstić information content (AvgIpc) is 3.07. The van der Waals surface area contributed by atoms with E-state index in [4.69, 9.17) is 23.2 Å². The van der Waals surface area contributed by atoms with Crippen LogP contribution in [0.2, 0.25) is 10.2 Å². The number of hydrogen-bond donors (Lipinski definition) is 2. The maximum atomic E-state index is 12.7. The largest absolute Gasteiger partial charge is 0.341 e. The van der Waals surface area contributed by atoms with Crippen LogP contribution >= 0.6 is 23.2 Å². The fraction of sp³-hybridized carbons (Fsp3) is 0.227. The molecule has 0 spiro atoms. The number of rotatable bonds is 3. The number of carbonyl (C=O) groups excluding carboxylic acids is 4. The van der Waals surface area contributed by atoms with Gasteiger partial charge in [0, 0.05) is 37.2 Å². The monoisotopic (exact) mass is 470 g/mol. The average molecular weight is 471 g/mol. The maximum absolute atomic E-state index is 12.7. The minimum atomic E-state index is -0.669. The molecule has 10 heteroatoms. The smallest absolute Gasteiger partial charge is 0.296 e. The number of amides is 4. The molecule has 2 aromatic rings. The van der Waals surface area contributed by atoms with Crippen molar-refractivity contribution in [3.05, 3.63) is 62.9 Å². The predicted octanol–water partition coefficient (Wildman–Crippen LogP) is 1.82. The van der Waals surface area contributed by atoms with Gasteiger partial charge in [-0.3, -0.25) is 24.5 Å². The van der Waals surface area contributed by atoms with Gasteiger partial charge >= 0.3 is 0 Å². The molecule has 0 bridgehead atoms. The van der Waals surface area contributed by atoms with Crippen molar-refractivity contribution < 1.29 is 19.2 Å². The quantitative estimate of drug-likeness (QED) is 0.404. The molecule has 0 aliphatic carbocycles. The number of halogens is 2. The standard InChI is InChI=1S/C22H16Cl2N4O4/c23-16-7-8-25-20(24)15(16)3-5-18(29)26-10-12-1-2-14-13(9-12)11-28(22(14)32)17-4-6-19(30)27-21(17)31/h1-2,7-9,17H,4,6,10-11H2,(H,26,29)(H,27,30,31). The van der Waals surface area contributed by atoms with Crippen LogP contribution in [0.4, 0.5) is 0 Å². The summed E-state index contributed by atoms with van der Waals surface area (Å²) in [5.41, 5.74) is 2.31. The van der Waals surface area contributed by atoms with Crippen LogP contribution in [0.15, 0.2) is 30.5 Å². The number of fused-ring (bicyclic) bond motifs is 1. The van der Waals surface area contributed by atoms with E-state index < -0.39 is 17.9 Å². The van der Waals surface area contributed by atoms with Gasteiger partial charge < -0.3 is 10.2 Å². The van der Waals surface area contributed by atoms with Crippen LogP contribution in [0.5, 0.6) is 0 Å². The van der Waals surface area contributed by atoms with E-state index in [1.807, 2.05) is 6.07 Å². The normalized spacial score (nSPS) is 17.4. The molecule has 0 radical (unpaired) electrons. The second-order valence-corrected chi connectivity index (χ2v) is 8.05. The molecule has 4 amide bonds. The number of aromatic nitrogens is 1. The highest BCUT2D eigenvalue weighted by Crippen LogP contribution is 2.28. The second kappa shape index (κ2) is 8.99. The van der Waals surface area contributed by atoms with Crippen LogP contribution in [-0.4, -0.2) is 39.6 Å². The molecule has 8 nitrogen and oxygen atoms in total. The van der Waals surface area contributed by atoms with E-state index in [0.717, 1.165) is 11.1 Å². The molecular weight excluding hydrogens is 455 g/mol. The summed E-state index contributed by atoms with van der Waals surface area (Å²) in [5, 5.41) is 5.37. The molecule has 1 unspecified atom stereocenters. The Hall–Kier alpha value is -3.41. The lowest BCUT2D eigenvalue weighted by atomic mass is 10.0. The third-order valence-corrected chi connectivity index (χ3v) is 5.80. The molecule has 3 heterocycles. The number of carbonyl (C=O) groups is 4. The molecule has 32 heavy (non-hydrogen) atoms. The van der Waals surface area contributed by atoms with E-state index in [0.29, 0.717) is 17.0 Å². The van der Waals surface area contributed by atoms with E-state index in [2.05, 4.69) is 27.5 Å². The van der Waals surface area contributed by atoms with E-state index in [1.54, 1.807) is 12.1 Å². The Bertz CT molecular complexity index is 1200. The summed E-state index contributed by atoms with van der Waals surface area (Å²) in [6.07, 6.45) is 1.94. The summed E-state index contributed by atoms with van der Waals surface area (Å²) in [5.74, 6) is 3.48. The molecule has 162 valence electrons. The first kappa shape index (κ1) is 21.8. The van der Waals surface area contributed by atoms with E-state index in [9.17, 15) is 19.2 Å². The number of hydrogen-bond acceptors (Lipinski definition) is 5. The maximum Gasteiger partial charge on any atom is 0.296 e. The lowest BCUT2D eigenvalue weighted by molar-refractivity contribution is -0.137. The van der Waals surface area contributed by atoms with E-state index >= 15 is 0 Å². The number of nitrogens with one attached hydrogen (secondary N) is 2. The Labute approximate surface area is 193 Å². The van der Waals surface area contributed by atoms with Crippen LogP contribution in [0.3, 0.4) is 0 Å². The highest BCUT2D eigenvalue weighted by Gasteiger charge is 2.39. The van der Waals surface area contributed by atoms with Crippen molar-refractivity contribution in [1.29, 1.82) is 0 Å². The molecule has 2 aliphatic rings.